The normalized spacial score (nSPS) is 16.7. The van der Waals surface area contributed by atoms with Crippen LogP contribution in [0.25, 0.3) is 0 Å². The largest absolute Gasteiger partial charge is 0.381 e. The Morgan fingerprint density at radius 2 is 2.17 bits per heavy atom. The number of rotatable bonds is 2. The van der Waals surface area contributed by atoms with Gasteiger partial charge in [0.2, 0.25) is 5.91 Å². The van der Waals surface area contributed by atoms with Gasteiger partial charge in [0.1, 0.15) is 4.60 Å². The maximum Gasteiger partial charge on any atom is 0.219 e. The molecular formula is C13H18BrN3O. The van der Waals surface area contributed by atoms with Gasteiger partial charge in [-0.05, 0) is 47.3 Å². The molecule has 5 heteroatoms. The molecule has 1 aromatic heterocycles. The summed E-state index contributed by atoms with van der Waals surface area (Å²) in [5.41, 5.74) is 2.18. The second-order valence-corrected chi connectivity index (χ2v) is 5.51. The van der Waals surface area contributed by atoms with Gasteiger partial charge < -0.3 is 10.2 Å². The fourth-order valence-electron chi connectivity index (χ4n) is 2.21. The minimum absolute atomic E-state index is 0.176. The van der Waals surface area contributed by atoms with Crippen molar-refractivity contribution in [1.82, 2.24) is 9.88 Å². The summed E-state index contributed by atoms with van der Waals surface area (Å²) in [6.07, 6.45) is 3.83. The maximum atomic E-state index is 11.2. The van der Waals surface area contributed by atoms with Crippen LogP contribution in [0.5, 0.6) is 0 Å². The van der Waals surface area contributed by atoms with E-state index in [1.807, 2.05) is 18.0 Å². The van der Waals surface area contributed by atoms with Gasteiger partial charge >= 0.3 is 0 Å². The van der Waals surface area contributed by atoms with Crippen LogP contribution in [-0.2, 0) is 4.79 Å². The van der Waals surface area contributed by atoms with Gasteiger partial charge in [-0.1, -0.05) is 0 Å². The number of carbonyl (C=O) groups excluding carboxylic acids is 1. The number of pyridine rings is 1. The topological polar surface area (TPSA) is 45.2 Å². The lowest BCUT2D eigenvalue weighted by Gasteiger charge is -2.32. The highest BCUT2D eigenvalue weighted by Crippen LogP contribution is 2.20. The maximum absolute atomic E-state index is 11.2. The van der Waals surface area contributed by atoms with E-state index in [9.17, 15) is 4.79 Å². The Morgan fingerprint density at radius 1 is 1.50 bits per heavy atom. The predicted octanol–water partition coefficient (Wildman–Crippen LogP) is 2.58. The Labute approximate surface area is 116 Å². The molecule has 0 atom stereocenters. The van der Waals surface area contributed by atoms with Crippen molar-refractivity contribution in [3.63, 3.8) is 0 Å². The van der Waals surface area contributed by atoms with E-state index in [-0.39, 0.29) is 5.91 Å². The van der Waals surface area contributed by atoms with Crippen molar-refractivity contribution in [3.05, 3.63) is 22.4 Å². The first-order chi connectivity index (χ1) is 8.56. The Balaban J connectivity index is 1.91. The van der Waals surface area contributed by atoms with Crippen molar-refractivity contribution < 1.29 is 4.79 Å². The fourth-order valence-corrected chi connectivity index (χ4v) is 2.43. The Kier molecular flexibility index (Phi) is 4.22. The summed E-state index contributed by atoms with van der Waals surface area (Å²) in [6.45, 7) is 5.35. The van der Waals surface area contributed by atoms with Crippen LogP contribution in [0.1, 0.15) is 25.3 Å². The van der Waals surface area contributed by atoms with Crippen LogP contribution in [0.2, 0.25) is 0 Å². The number of hydrogen-bond acceptors (Lipinski definition) is 3. The number of anilines is 1. The highest BCUT2D eigenvalue weighted by atomic mass is 79.9. The van der Waals surface area contributed by atoms with Crippen molar-refractivity contribution in [2.75, 3.05) is 18.4 Å². The van der Waals surface area contributed by atoms with E-state index in [1.54, 1.807) is 6.92 Å². The Bertz CT molecular complexity index is 442. The smallest absolute Gasteiger partial charge is 0.219 e. The van der Waals surface area contributed by atoms with Gasteiger partial charge in [0.25, 0.3) is 0 Å². The molecule has 98 valence electrons. The van der Waals surface area contributed by atoms with E-state index in [0.29, 0.717) is 6.04 Å². The monoisotopic (exact) mass is 311 g/mol. The van der Waals surface area contributed by atoms with Crippen LogP contribution in [-0.4, -0.2) is 34.9 Å². The van der Waals surface area contributed by atoms with Crippen LogP contribution in [0.4, 0.5) is 5.69 Å². The van der Waals surface area contributed by atoms with Crippen LogP contribution < -0.4 is 5.32 Å². The lowest BCUT2D eigenvalue weighted by Crippen LogP contribution is -2.41. The first-order valence-electron chi connectivity index (χ1n) is 6.20. The summed E-state index contributed by atoms with van der Waals surface area (Å²) in [6, 6.07) is 2.53. The van der Waals surface area contributed by atoms with Crippen molar-refractivity contribution in [2.24, 2.45) is 0 Å². The number of hydrogen-bond donors (Lipinski definition) is 1. The number of likely N-dealkylation sites (tertiary alicyclic amines) is 1. The zero-order valence-electron chi connectivity index (χ0n) is 10.7. The number of aromatic nitrogens is 1. The van der Waals surface area contributed by atoms with Gasteiger partial charge in [-0.3, -0.25) is 4.79 Å². The Morgan fingerprint density at radius 3 is 2.72 bits per heavy atom. The Hall–Kier alpha value is -1.10. The number of halogens is 1. The molecule has 0 saturated carbocycles. The summed E-state index contributed by atoms with van der Waals surface area (Å²) >= 11 is 3.40. The molecule has 0 aliphatic carbocycles. The summed E-state index contributed by atoms with van der Waals surface area (Å²) in [5.74, 6) is 0.176. The molecular weight excluding hydrogens is 294 g/mol. The van der Waals surface area contributed by atoms with Crippen molar-refractivity contribution in [1.29, 1.82) is 0 Å². The number of carbonyl (C=O) groups is 1. The summed E-state index contributed by atoms with van der Waals surface area (Å²) in [4.78, 5) is 17.4. The van der Waals surface area contributed by atoms with E-state index in [4.69, 9.17) is 0 Å². The lowest BCUT2D eigenvalue weighted by atomic mass is 10.0. The lowest BCUT2D eigenvalue weighted by molar-refractivity contribution is -0.129. The summed E-state index contributed by atoms with van der Waals surface area (Å²) in [7, 11) is 0. The molecule has 1 saturated heterocycles. The van der Waals surface area contributed by atoms with Crippen LogP contribution in [0.3, 0.4) is 0 Å². The first-order valence-corrected chi connectivity index (χ1v) is 7.00. The van der Waals surface area contributed by atoms with E-state index < -0.39 is 0 Å². The fraction of sp³-hybridized carbons (Fsp3) is 0.538. The zero-order chi connectivity index (χ0) is 13.1. The molecule has 18 heavy (non-hydrogen) atoms. The molecule has 0 aromatic carbocycles. The molecule has 0 bridgehead atoms. The van der Waals surface area contributed by atoms with Crippen molar-refractivity contribution in [3.8, 4) is 0 Å². The van der Waals surface area contributed by atoms with Gasteiger partial charge in [-0.15, -0.1) is 0 Å². The predicted molar refractivity (Wildman–Crippen MR) is 75.6 cm³/mol. The first kappa shape index (κ1) is 13.3. The van der Waals surface area contributed by atoms with Crippen LogP contribution in [0.15, 0.2) is 16.9 Å². The molecule has 1 amide bonds. The highest BCUT2D eigenvalue weighted by Gasteiger charge is 2.20. The minimum Gasteiger partial charge on any atom is -0.381 e. The second kappa shape index (κ2) is 5.69. The summed E-state index contributed by atoms with van der Waals surface area (Å²) in [5, 5.41) is 3.49. The van der Waals surface area contributed by atoms with E-state index >= 15 is 0 Å². The molecule has 2 rings (SSSR count). The molecule has 1 aromatic rings. The number of aryl methyl sites for hydroxylation is 1. The third-order valence-electron chi connectivity index (χ3n) is 3.33. The van der Waals surface area contributed by atoms with Crippen molar-refractivity contribution >= 4 is 27.5 Å². The number of nitrogens with one attached hydrogen (secondary N) is 1. The highest BCUT2D eigenvalue weighted by molar-refractivity contribution is 9.10. The standard InChI is InChI=1S/C13H18BrN3O/c1-9-7-12(8-15-13(9)14)16-11-3-5-17(6-4-11)10(2)18/h7-8,11,16H,3-6H2,1-2H3. The van der Waals surface area contributed by atoms with Gasteiger partial charge in [-0.25, -0.2) is 4.98 Å². The molecule has 2 heterocycles. The van der Waals surface area contributed by atoms with Crippen molar-refractivity contribution in [2.45, 2.75) is 32.7 Å². The second-order valence-electron chi connectivity index (χ2n) is 4.76. The average Bonchev–Trinajstić information content (AvgIpc) is 2.34. The molecule has 1 fully saturated rings. The molecule has 0 spiro atoms. The van der Waals surface area contributed by atoms with Gasteiger partial charge in [0.15, 0.2) is 0 Å². The van der Waals surface area contributed by atoms with E-state index in [2.05, 4.69) is 32.3 Å². The number of piperidine rings is 1. The minimum atomic E-state index is 0.176. The third-order valence-corrected chi connectivity index (χ3v) is 4.16. The number of nitrogens with zero attached hydrogens (tertiary/aromatic N) is 2. The summed E-state index contributed by atoms with van der Waals surface area (Å²) < 4.78 is 0.888. The average molecular weight is 312 g/mol. The van der Waals surface area contributed by atoms with E-state index in [1.165, 1.54) is 0 Å². The molecule has 1 aliphatic heterocycles. The van der Waals surface area contributed by atoms with Crippen LogP contribution >= 0.6 is 15.9 Å². The van der Waals surface area contributed by atoms with Crippen LogP contribution in [0, 0.1) is 6.92 Å². The van der Waals surface area contributed by atoms with Gasteiger partial charge in [0.05, 0.1) is 11.9 Å². The quantitative estimate of drug-likeness (QED) is 0.854. The number of amides is 1. The molecule has 0 radical (unpaired) electrons. The third kappa shape index (κ3) is 3.22. The molecule has 0 unspecified atom stereocenters. The van der Waals surface area contributed by atoms with Gasteiger partial charge in [-0.2, -0.15) is 0 Å². The molecule has 1 N–H and O–H groups in total. The molecule has 4 nitrogen and oxygen atoms in total. The zero-order valence-corrected chi connectivity index (χ0v) is 12.3. The SMILES string of the molecule is CC(=O)N1CCC(Nc2cnc(Br)c(C)c2)CC1. The molecule has 1 aliphatic rings. The van der Waals surface area contributed by atoms with E-state index in [0.717, 1.165) is 41.8 Å². The van der Waals surface area contributed by atoms with Gasteiger partial charge in [0, 0.05) is 26.1 Å².